The maximum Gasteiger partial charge on any atom is 0.331 e. The van der Waals surface area contributed by atoms with E-state index in [4.69, 9.17) is 14.7 Å². The number of nitriles is 1. The highest BCUT2D eigenvalue weighted by Gasteiger charge is 2.31. The van der Waals surface area contributed by atoms with Gasteiger partial charge in [-0.2, -0.15) is 5.26 Å². The second-order valence-corrected chi connectivity index (χ2v) is 5.48. The number of hydrogen-bond acceptors (Lipinski definition) is 7. The van der Waals surface area contributed by atoms with E-state index in [9.17, 15) is 10.1 Å². The predicted molar refractivity (Wildman–Crippen MR) is 83.9 cm³/mol. The molecule has 1 aromatic carbocycles. The van der Waals surface area contributed by atoms with Crippen molar-refractivity contribution in [3.63, 3.8) is 0 Å². The van der Waals surface area contributed by atoms with Gasteiger partial charge in [0.25, 0.3) is 0 Å². The van der Waals surface area contributed by atoms with E-state index in [-0.39, 0.29) is 17.5 Å². The molecule has 0 atom stereocenters. The third kappa shape index (κ3) is 2.87. The summed E-state index contributed by atoms with van der Waals surface area (Å²) in [5.41, 5.74) is -0.361. The van der Waals surface area contributed by atoms with Crippen LogP contribution in [-0.2, 0) is 0 Å². The normalized spacial score (nSPS) is 14.6. The van der Waals surface area contributed by atoms with Gasteiger partial charge in [-0.1, -0.05) is 0 Å². The second-order valence-electron chi connectivity index (χ2n) is 5.48. The molecule has 0 spiro atoms. The number of rotatable bonds is 2. The minimum absolute atomic E-state index is 0.111. The smallest absolute Gasteiger partial charge is 0.331 e. The number of hydrogen-bond donors (Lipinski definition) is 0. The highest BCUT2D eigenvalue weighted by molar-refractivity contribution is 5.99. The van der Waals surface area contributed by atoms with Crippen LogP contribution in [0.25, 0.3) is 0 Å². The van der Waals surface area contributed by atoms with Gasteiger partial charge in [-0.05, 0) is 38.1 Å². The summed E-state index contributed by atoms with van der Waals surface area (Å²) in [5, 5.41) is 20.2. The fraction of sp³-hybridized carbons (Fsp3) is 0.188. The molecule has 0 unspecified atom stereocenters. The third-order valence-corrected chi connectivity index (χ3v) is 3.21. The topological polar surface area (TPSA) is 111 Å². The standard InChI is InChI=1S/C16H12N4O4/c1-16(2)19-14(11-8-10(9-17)5-6-13(11)24-16)23-15-12(20(21)22)4-3-7-18-15/h3-8H,1-2H3. The van der Waals surface area contributed by atoms with E-state index < -0.39 is 10.6 Å². The SMILES string of the molecule is CC1(C)N=C(Oc2ncccc2[N+](=O)[O-])c2cc(C#N)ccc2O1. The lowest BCUT2D eigenvalue weighted by molar-refractivity contribution is -0.385. The lowest BCUT2D eigenvalue weighted by Gasteiger charge is -2.29. The molecule has 0 N–H and O–H groups in total. The summed E-state index contributed by atoms with van der Waals surface area (Å²) in [4.78, 5) is 18.8. The molecular formula is C16H12N4O4. The van der Waals surface area contributed by atoms with Gasteiger partial charge in [0.1, 0.15) is 5.75 Å². The van der Waals surface area contributed by atoms with Crippen molar-refractivity contribution in [2.24, 2.45) is 4.99 Å². The molecule has 2 heterocycles. The lowest BCUT2D eigenvalue weighted by atomic mass is 10.1. The number of nitro groups is 1. The average Bonchev–Trinajstić information content (AvgIpc) is 2.54. The van der Waals surface area contributed by atoms with Gasteiger partial charge < -0.3 is 9.47 Å². The molecule has 24 heavy (non-hydrogen) atoms. The highest BCUT2D eigenvalue weighted by Crippen LogP contribution is 2.33. The van der Waals surface area contributed by atoms with Crippen LogP contribution in [0.1, 0.15) is 25.0 Å². The molecule has 3 rings (SSSR count). The first kappa shape index (κ1) is 15.4. The lowest BCUT2D eigenvalue weighted by Crippen LogP contribution is -2.34. The first-order valence-electron chi connectivity index (χ1n) is 7.00. The summed E-state index contributed by atoms with van der Waals surface area (Å²) in [5.74, 6) is 0.412. The maximum absolute atomic E-state index is 11.1. The van der Waals surface area contributed by atoms with Crippen molar-refractivity contribution in [1.29, 1.82) is 5.26 Å². The zero-order valence-electron chi connectivity index (χ0n) is 12.9. The molecule has 0 fully saturated rings. The molecule has 0 bridgehead atoms. The molecule has 0 saturated heterocycles. The summed E-state index contributed by atoms with van der Waals surface area (Å²) in [6.07, 6.45) is 1.39. The Morgan fingerprint density at radius 3 is 2.88 bits per heavy atom. The summed E-state index contributed by atoms with van der Waals surface area (Å²) in [6, 6.07) is 9.57. The molecular weight excluding hydrogens is 312 g/mol. The van der Waals surface area contributed by atoms with E-state index >= 15 is 0 Å². The van der Waals surface area contributed by atoms with Crippen molar-refractivity contribution in [3.8, 4) is 17.7 Å². The number of pyridine rings is 1. The highest BCUT2D eigenvalue weighted by atomic mass is 16.6. The molecule has 1 aliphatic heterocycles. The Balaban J connectivity index is 2.09. The Hall–Kier alpha value is -3.47. The van der Waals surface area contributed by atoms with Gasteiger partial charge >= 0.3 is 11.6 Å². The molecule has 1 aromatic heterocycles. The number of aliphatic imine (C=N–C) groups is 1. The van der Waals surface area contributed by atoms with Crippen LogP contribution in [-0.4, -0.2) is 21.5 Å². The summed E-state index contributed by atoms with van der Waals surface area (Å²) in [6.45, 7) is 3.45. The molecule has 0 aliphatic carbocycles. The quantitative estimate of drug-likeness (QED) is 0.620. The van der Waals surface area contributed by atoms with Crippen molar-refractivity contribution in [1.82, 2.24) is 4.98 Å². The maximum atomic E-state index is 11.1. The second kappa shape index (κ2) is 5.62. The molecule has 2 aromatic rings. The van der Waals surface area contributed by atoms with E-state index in [1.54, 1.807) is 32.0 Å². The number of aromatic nitrogens is 1. The minimum Gasteiger partial charge on any atom is -0.466 e. The van der Waals surface area contributed by atoms with Crippen LogP contribution in [0.4, 0.5) is 5.69 Å². The van der Waals surface area contributed by atoms with Gasteiger partial charge in [0.2, 0.25) is 5.90 Å². The van der Waals surface area contributed by atoms with Crippen molar-refractivity contribution in [3.05, 3.63) is 57.8 Å². The first-order chi connectivity index (χ1) is 11.4. The van der Waals surface area contributed by atoms with E-state index in [1.165, 1.54) is 18.3 Å². The van der Waals surface area contributed by atoms with Crippen LogP contribution in [0.5, 0.6) is 11.6 Å². The van der Waals surface area contributed by atoms with Gasteiger partial charge in [0, 0.05) is 12.3 Å². The van der Waals surface area contributed by atoms with Crippen molar-refractivity contribution in [2.75, 3.05) is 0 Å². The minimum atomic E-state index is -0.917. The number of benzene rings is 1. The Morgan fingerprint density at radius 1 is 1.38 bits per heavy atom. The monoisotopic (exact) mass is 324 g/mol. The number of nitrogens with zero attached hydrogens (tertiary/aromatic N) is 4. The van der Waals surface area contributed by atoms with Gasteiger partial charge in [0.15, 0.2) is 5.72 Å². The largest absolute Gasteiger partial charge is 0.466 e. The summed E-state index contributed by atoms with van der Waals surface area (Å²) >= 11 is 0. The average molecular weight is 324 g/mol. The Kier molecular flexibility index (Phi) is 3.62. The molecule has 0 saturated carbocycles. The number of ether oxygens (including phenoxy) is 2. The predicted octanol–water partition coefficient (Wildman–Crippen LogP) is 2.82. The van der Waals surface area contributed by atoms with Gasteiger partial charge in [-0.3, -0.25) is 10.1 Å². The van der Waals surface area contributed by atoms with E-state index in [1.807, 2.05) is 6.07 Å². The zero-order chi connectivity index (χ0) is 17.3. The first-order valence-corrected chi connectivity index (χ1v) is 7.00. The number of fused-ring (bicyclic) bond motifs is 1. The molecule has 0 radical (unpaired) electrons. The summed E-state index contributed by atoms with van der Waals surface area (Å²) in [7, 11) is 0. The van der Waals surface area contributed by atoms with Crippen LogP contribution in [0.3, 0.4) is 0 Å². The molecule has 8 nitrogen and oxygen atoms in total. The summed E-state index contributed by atoms with van der Waals surface area (Å²) < 4.78 is 11.4. The Labute approximate surface area is 137 Å². The molecule has 0 amide bonds. The van der Waals surface area contributed by atoms with E-state index in [0.717, 1.165) is 0 Å². The van der Waals surface area contributed by atoms with Crippen LogP contribution >= 0.6 is 0 Å². The zero-order valence-corrected chi connectivity index (χ0v) is 12.9. The fourth-order valence-corrected chi connectivity index (χ4v) is 2.22. The third-order valence-electron chi connectivity index (χ3n) is 3.21. The van der Waals surface area contributed by atoms with Crippen LogP contribution in [0.15, 0.2) is 41.5 Å². The molecule has 8 heteroatoms. The van der Waals surface area contributed by atoms with Gasteiger partial charge in [0.05, 0.1) is 22.1 Å². The van der Waals surface area contributed by atoms with Gasteiger partial charge in [-0.15, -0.1) is 0 Å². The fourth-order valence-electron chi connectivity index (χ4n) is 2.22. The Bertz CT molecular complexity index is 899. The molecule has 120 valence electrons. The molecule has 1 aliphatic rings. The van der Waals surface area contributed by atoms with Crippen LogP contribution < -0.4 is 9.47 Å². The van der Waals surface area contributed by atoms with Crippen molar-refractivity contribution in [2.45, 2.75) is 19.6 Å². The van der Waals surface area contributed by atoms with Crippen molar-refractivity contribution >= 4 is 11.6 Å². The van der Waals surface area contributed by atoms with Crippen LogP contribution in [0, 0.1) is 21.4 Å². The van der Waals surface area contributed by atoms with E-state index in [0.29, 0.717) is 16.9 Å². The van der Waals surface area contributed by atoms with Crippen LogP contribution in [0.2, 0.25) is 0 Å². The van der Waals surface area contributed by atoms with E-state index in [2.05, 4.69) is 9.98 Å². The Morgan fingerprint density at radius 2 is 2.17 bits per heavy atom. The van der Waals surface area contributed by atoms with Crippen molar-refractivity contribution < 1.29 is 14.4 Å². The van der Waals surface area contributed by atoms with Gasteiger partial charge in [-0.25, -0.2) is 9.98 Å².